The minimum atomic E-state index is -4.43. The van der Waals surface area contributed by atoms with E-state index in [1.54, 1.807) is 23.9 Å². The van der Waals surface area contributed by atoms with Gasteiger partial charge in [-0.15, -0.1) is 0 Å². The van der Waals surface area contributed by atoms with E-state index in [-0.39, 0.29) is 18.0 Å². The van der Waals surface area contributed by atoms with Crippen LogP contribution in [0.25, 0.3) is 17.0 Å². The summed E-state index contributed by atoms with van der Waals surface area (Å²) < 4.78 is 42.2. The lowest BCUT2D eigenvalue weighted by Gasteiger charge is -2.28. The van der Waals surface area contributed by atoms with Gasteiger partial charge in [-0.3, -0.25) is 9.48 Å². The molecule has 2 atom stereocenters. The maximum absolute atomic E-state index is 13.5. The Labute approximate surface area is 203 Å². The maximum Gasteiger partial charge on any atom is 0.416 e. The van der Waals surface area contributed by atoms with Gasteiger partial charge in [0.1, 0.15) is 0 Å². The molecule has 0 saturated carbocycles. The molecule has 2 bridgehead atoms. The monoisotopic (exact) mass is 497 g/mol. The van der Waals surface area contributed by atoms with Gasteiger partial charge in [-0.05, 0) is 60.5 Å². The zero-order chi connectivity index (χ0) is 24.3. The van der Waals surface area contributed by atoms with Crippen molar-refractivity contribution < 1.29 is 18.0 Å². The Bertz CT molecular complexity index is 1410. The van der Waals surface area contributed by atoms with Crippen molar-refractivity contribution in [3.8, 4) is 0 Å². The lowest BCUT2D eigenvalue weighted by atomic mass is 10.0. The number of nitrogens with zero attached hydrogens (tertiary/aromatic N) is 4. The first-order chi connectivity index (χ1) is 16.7. The number of amides is 1. The molecule has 0 unspecified atom stereocenters. The number of nitrogens with one attached hydrogen (secondary N) is 1. The molecule has 3 aromatic rings. The molecule has 6 rings (SSSR count). The van der Waals surface area contributed by atoms with E-state index in [9.17, 15) is 18.0 Å². The molecule has 35 heavy (non-hydrogen) atoms. The number of halogens is 3. The Morgan fingerprint density at radius 1 is 1.23 bits per heavy atom. The summed E-state index contributed by atoms with van der Waals surface area (Å²) in [7, 11) is 0. The fraction of sp³-hybridized carbons (Fsp3) is 0.320. The minimum Gasteiger partial charge on any atom is -0.345 e. The highest BCUT2D eigenvalue weighted by Gasteiger charge is 2.41. The van der Waals surface area contributed by atoms with Gasteiger partial charge in [0.15, 0.2) is 5.17 Å². The Kier molecular flexibility index (Phi) is 5.26. The van der Waals surface area contributed by atoms with Gasteiger partial charge in [-0.25, -0.2) is 0 Å². The summed E-state index contributed by atoms with van der Waals surface area (Å²) in [5.74, 6) is -0.240. The molecule has 0 spiro atoms. The van der Waals surface area contributed by atoms with Crippen molar-refractivity contribution in [3.63, 3.8) is 0 Å². The number of piperazine rings is 1. The van der Waals surface area contributed by atoms with Crippen LogP contribution >= 0.6 is 11.8 Å². The standard InChI is InChI=1S/C25H22F3N5OS/c1-14-2-4-16(20(6-14)25(26,27)28)12-33-21-5-3-15(7-17(21)10-30-33)8-22-23(34)31-24(35-22)32-13-18-9-19(32)11-29-18/h2-8,10,18-19,29H,9,11-13H2,1H3/b22-8-/t18-,19-/m1/s1. The molecule has 1 amide bonds. The molecule has 1 aromatic heterocycles. The number of hydrogen-bond donors (Lipinski definition) is 1. The number of alkyl halides is 3. The van der Waals surface area contributed by atoms with Crippen molar-refractivity contribution >= 4 is 39.8 Å². The van der Waals surface area contributed by atoms with E-state index in [1.807, 2.05) is 24.3 Å². The summed E-state index contributed by atoms with van der Waals surface area (Å²) in [5.41, 5.74) is 1.63. The number of carbonyl (C=O) groups is 1. The summed E-state index contributed by atoms with van der Waals surface area (Å²) in [6.07, 6.45) is 0.106. The van der Waals surface area contributed by atoms with Crippen molar-refractivity contribution in [2.75, 3.05) is 13.1 Å². The highest BCUT2D eigenvalue weighted by Crippen LogP contribution is 2.36. The second-order valence-corrected chi connectivity index (χ2v) is 10.2. The maximum atomic E-state index is 13.5. The zero-order valence-electron chi connectivity index (χ0n) is 18.8. The molecule has 2 saturated heterocycles. The largest absolute Gasteiger partial charge is 0.416 e. The average Bonchev–Trinajstić information content (AvgIpc) is 3.59. The second-order valence-electron chi connectivity index (χ2n) is 9.24. The van der Waals surface area contributed by atoms with Gasteiger partial charge >= 0.3 is 6.18 Å². The predicted octanol–water partition coefficient (Wildman–Crippen LogP) is 4.43. The van der Waals surface area contributed by atoms with E-state index in [0.29, 0.717) is 22.6 Å². The molecule has 2 fully saturated rings. The highest BCUT2D eigenvalue weighted by atomic mass is 32.2. The number of benzene rings is 2. The Morgan fingerprint density at radius 2 is 2.09 bits per heavy atom. The highest BCUT2D eigenvalue weighted by molar-refractivity contribution is 8.18. The molecule has 180 valence electrons. The lowest BCUT2D eigenvalue weighted by molar-refractivity contribution is -0.138. The second kappa shape index (κ2) is 8.23. The van der Waals surface area contributed by atoms with Crippen LogP contribution in [0.4, 0.5) is 13.2 Å². The summed E-state index contributed by atoms with van der Waals surface area (Å²) in [5, 5.41) is 9.34. The van der Waals surface area contributed by atoms with Crippen LogP contribution in [-0.2, 0) is 17.5 Å². The molecule has 10 heteroatoms. The Morgan fingerprint density at radius 3 is 2.83 bits per heavy atom. The predicted molar refractivity (Wildman–Crippen MR) is 130 cm³/mol. The number of rotatable bonds is 3. The number of likely N-dealkylation sites (tertiary alicyclic amines) is 1. The third-order valence-corrected chi connectivity index (χ3v) is 7.79. The molecule has 4 heterocycles. The van der Waals surface area contributed by atoms with Gasteiger partial charge < -0.3 is 10.2 Å². The third-order valence-electron chi connectivity index (χ3n) is 6.77. The Hall–Kier alpha value is -3.11. The topological polar surface area (TPSA) is 62.5 Å². The first-order valence-corrected chi connectivity index (χ1v) is 12.2. The van der Waals surface area contributed by atoms with Crippen LogP contribution < -0.4 is 5.32 Å². The molecule has 0 radical (unpaired) electrons. The molecular formula is C25H22F3N5OS. The van der Waals surface area contributed by atoms with Crippen molar-refractivity contribution in [2.24, 2.45) is 4.99 Å². The van der Waals surface area contributed by atoms with Crippen LogP contribution in [-0.4, -0.2) is 50.9 Å². The molecular weight excluding hydrogens is 475 g/mol. The average molecular weight is 498 g/mol. The van der Waals surface area contributed by atoms with Crippen LogP contribution in [0.1, 0.15) is 28.7 Å². The SMILES string of the molecule is Cc1ccc(Cn2ncc3cc(/C=C4\SC(N5C[C@H]6C[C@@H]5CN6)=NC4=O)ccc32)c(C(F)(F)F)c1. The summed E-state index contributed by atoms with van der Waals surface area (Å²) in [4.78, 5) is 19.6. The number of thioether (sulfide) groups is 1. The molecule has 6 nitrogen and oxygen atoms in total. The first kappa shape index (κ1) is 22.4. The summed E-state index contributed by atoms with van der Waals surface area (Å²) in [6, 6.07) is 10.8. The van der Waals surface area contributed by atoms with Crippen LogP contribution in [0.15, 0.2) is 52.5 Å². The van der Waals surface area contributed by atoms with Crippen LogP contribution in [0.5, 0.6) is 0 Å². The zero-order valence-corrected chi connectivity index (χ0v) is 19.7. The van der Waals surface area contributed by atoms with Gasteiger partial charge in [0, 0.05) is 30.6 Å². The number of aromatic nitrogens is 2. The molecule has 3 aliphatic heterocycles. The van der Waals surface area contributed by atoms with E-state index >= 15 is 0 Å². The number of amidine groups is 1. The number of aliphatic imine (C=N–C) groups is 1. The summed E-state index contributed by atoms with van der Waals surface area (Å²) >= 11 is 1.40. The van der Waals surface area contributed by atoms with E-state index in [2.05, 4.69) is 20.3 Å². The molecule has 0 aliphatic carbocycles. The summed E-state index contributed by atoms with van der Waals surface area (Å²) in [6.45, 7) is 3.45. The fourth-order valence-corrected chi connectivity index (χ4v) is 6.04. The first-order valence-electron chi connectivity index (χ1n) is 11.4. The number of hydrogen-bond acceptors (Lipinski definition) is 5. The van der Waals surface area contributed by atoms with Gasteiger partial charge in [-0.1, -0.05) is 23.8 Å². The van der Waals surface area contributed by atoms with E-state index in [0.717, 1.165) is 41.1 Å². The van der Waals surface area contributed by atoms with Gasteiger partial charge in [0.2, 0.25) is 0 Å². The number of carbonyl (C=O) groups excluding carboxylic acids is 1. The normalized spacial score (nSPS) is 23.2. The fourth-order valence-electron chi connectivity index (χ4n) is 5.04. The van der Waals surface area contributed by atoms with Gasteiger partial charge in [0.25, 0.3) is 5.91 Å². The minimum absolute atomic E-state index is 0.0114. The molecule has 1 N–H and O–H groups in total. The molecule has 3 aliphatic rings. The van der Waals surface area contributed by atoms with Gasteiger partial charge in [0.05, 0.1) is 28.7 Å². The Balaban J connectivity index is 1.23. The van der Waals surface area contributed by atoms with Crippen molar-refractivity contribution in [2.45, 2.75) is 38.1 Å². The van der Waals surface area contributed by atoms with Crippen molar-refractivity contribution in [1.82, 2.24) is 20.0 Å². The van der Waals surface area contributed by atoms with Crippen LogP contribution in [0.3, 0.4) is 0 Å². The van der Waals surface area contributed by atoms with Crippen molar-refractivity contribution in [3.05, 3.63) is 69.8 Å². The smallest absolute Gasteiger partial charge is 0.345 e. The third kappa shape index (κ3) is 4.14. The molecule has 2 aromatic carbocycles. The van der Waals surface area contributed by atoms with Crippen molar-refractivity contribution in [1.29, 1.82) is 0 Å². The van der Waals surface area contributed by atoms with E-state index < -0.39 is 11.7 Å². The lowest BCUT2D eigenvalue weighted by Crippen LogP contribution is -2.45. The van der Waals surface area contributed by atoms with E-state index in [4.69, 9.17) is 0 Å². The van der Waals surface area contributed by atoms with Crippen LogP contribution in [0, 0.1) is 6.92 Å². The number of aryl methyl sites for hydroxylation is 1. The van der Waals surface area contributed by atoms with Crippen LogP contribution in [0.2, 0.25) is 0 Å². The van der Waals surface area contributed by atoms with E-state index in [1.165, 1.54) is 23.9 Å². The quantitative estimate of drug-likeness (QED) is 0.543. The van der Waals surface area contributed by atoms with Gasteiger partial charge in [-0.2, -0.15) is 23.3 Å². The number of fused-ring (bicyclic) bond motifs is 3.